The number of nitrogens with zero attached hydrogens (tertiary/aromatic N) is 1. The monoisotopic (exact) mass is 462 g/mol. The Morgan fingerprint density at radius 2 is 1.58 bits per heavy atom. The number of sulfonamides is 1. The van der Waals surface area contributed by atoms with Crippen LogP contribution in [0.1, 0.15) is 21.5 Å². The minimum atomic E-state index is -3.72. The van der Waals surface area contributed by atoms with Crippen molar-refractivity contribution in [2.45, 2.75) is 18.7 Å². The number of anilines is 2. The molecule has 1 aromatic heterocycles. The highest BCUT2D eigenvalue weighted by Gasteiger charge is 2.21. The van der Waals surface area contributed by atoms with Gasteiger partial charge in [0.05, 0.1) is 10.6 Å². The summed E-state index contributed by atoms with van der Waals surface area (Å²) in [6, 6.07) is 19.4. The summed E-state index contributed by atoms with van der Waals surface area (Å²) in [6.45, 7) is 3.70. The molecule has 0 aliphatic heterocycles. The second-order valence-electron chi connectivity index (χ2n) is 7.75. The zero-order chi connectivity index (χ0) is 23.8. The summed E-state index contributed by atoms with van der Waals surface area (Å²) in [5.74, 6) is -0.375. The standard InChI is InChI=1S/C25H22N2O5S/c1-16-4-11-21(12-5-16)33(30,31)27(3)20-9-6-18(7-10-20)25(29)26-19-8-13-22-17(2)14-24(28)32-23(22)15-19/h4-15H,1-3H3,(H,26,29). The van der Waals surface area contributed by atoms with Gasteiger partial charge in [0.2, 0.25) is 0 Å². The minimum absolute atomic E-state index is 0.190. The number of hydrogen-bond donors (Lipinski definition) is 1. The van der Waals surface area contributed by atoms with E-state index >= 15 is 0 Å². The zero-order valence-corrected chi connectivity index (χ0v) is 19.1. The third-order valence-corrected chi connectivity index (χ3v) is 7.18. The van der Waals surface area contributed by atoms with Gasteiger partial charge < -0.3 is 9.73 Å². The number of fused-ring (bicyclic) bond motifs is 1. The van der Waals surface area contributed by atoms with E-state index in [4.69, 9.17) is 4.42 Å². The van der Waals surface area contributed by atoms with E-state index in [-0.39, 0.29) is 10.8 Å². The molecule has 4 aromatic rings. The largest absolute Gasteiger partial charge is 0.423 e. The van der Waals surface area contributed by atoms with Crippen molar-refractivity contribution >= 4 is 38.3 Å². The first kappa shape index (κ1) is 22.3. The van der Waals surface area contributed by atoms with E-state index < -0.39 is 15.6 Å². The first-order valence-electron chi connectivity index (χ1n) is 10.2. The second kappa shape index (κ2) is 8.55. The van der Waals surface area contributed by atoms with E-state index in [1.165, 1.54) is 17.4 Å². The smallest absolute Gasteiger partial charge is 0.336 e. The highest BCUT2D eigenvalue weighted by Crippen LogP contribution is 2.24. The molecule has 0 radical (unpaired) electrons. The number of carbonyl (C=O) groups excluding carboxylic acids is 1. The maximum absolute atomic E-state index is 12.9. The Bertz CT molecular complexity index is 1510. The van der Waals surface area contributed by atoms with Gasteiger partial charge in [-0.2, -0.15) is 0 Å². The number of rotatable bonds is 5. The fourth-order valence-electron chi connectivity index (χ4n) is 3.44. The number of aryl methyl sites for hydroxylation is 2. The molecule has 0 aliphatic carbocycles. The van der Waals surface area contributed by atoms with Crippen molar-refractivity contribution < 1.29 is 17.6 Å². The lowest BCUT2D eigenvalue weighted by Crippen LogP contribution is -2.26. The van der Waals surface area contributed by atoms with E-state index in [0.717, 1.165) is 16.5 Å². The lowest BCUT2D eigenvalue weighted by Gasteiger charge is -2.20. The molecule has 0 saturated carbocycles. The normalized spacial score (nSPS) is 11.4. The average Bonchev–Trinajstić information content (AvgIpc) is 2.78. The van der Waals surface area contributed by atoms with Crippen molar-refractivity contribution in [2.24, 2.45) is 0 Å². The van der Waals surface area contributed by atoms with Gasteiger partial charge in [-0.1, -0.05) is 17.7 Å². The molecule has 7 nitrogen and oxygen atoms in total. The number of carbonyl (C=O) groups is 1. The van der Waals surface area contributed by atoms with Crippen LogP contribution in [0.2, 0.25) is 0 Å². The number of benzene rings is 3. The molecule has 33 heavy (non-hydrogen) atoms. The fraction of sp³-hybridized carbons (Fsp3) is 0.120. The third kappa shape index (κ3) is 4.51. The van der Waals surface area contributed by atoms with Crippen LogP contribution >= 0.6 is 0 Å². The van der Waals surface area contributed by atoms with E-state index in [1.54, 1.807) is 66.7 Å². The summed E-state index contributed by atoms with van der Waals surface area (Å²) in [5, 5.41) is 3.55. The molecule has 1 amide bonds. The summed E-state index contributed by atoms with van der Waals surface area (Å²) in [6.07, 6.45) is 0. The molecule has 4 rings (SSSR count). The van der Waals surface area contributed by atoms with Gasteiger partial charge in [0.15, 0.2) is 0 Å². The maximum Gasteiger partial charge on any atom is 0.336 e. The highest BCUT2D eigenvalue weighted by molar-refractivity contribution is 7.92. The van der Waals surface area contributed by atoms with Gasteiger partial charge in [-0.15, -0.1) is 0 Å². The first-order chi connectivity index (χ1) is 15.6. The Hall–Kier alpha value is -3.91. The molecule has 0 fully saturated rings. The number of amides is 1. The Morgan fingerprint density at radius 3 is 2.24 bits per heavy atom. The molecule has 8 heteroatoms. The minimum Gasteiger partial charge on any atom is -0.423 e. The van der Waals surface area contributed by atoms with Gasteiger partial charge in [-0.05, 0) is 67.9 Å². The predicted octanol–water partition coefficient (Wildman–Crippen LogP) is 4.49. The van der Waals surface area contributed by atoms with Crippen LogP contribution in [0.5, 0.6) is 0 Å². The van der Waals surface area contributed by atoms with Crippen LogP contribution in [-0.4, -0.2) is 21.4 Å². The molecule has 1 heterocycles. The predicted molar refractivity (Wildman–Crippen MR) is 128 cm³/mol. The fourth-order valence-corrected chi connectivity index (χ4v) is 4.63. The van der Waals surface area contributed by atoms with E-state index in [2.05, 4.69) is 5.32 Å². The van der Waals surface area contributed by atoms with Crippen LogP contribution in [0.3, 0.4) is 0 Å². The van der Waals surface area contributed by atoms with Gasteiger partial charge in [-0.25, -0.2) is 13.2 Å². The van der Waals surface area contributed by atoms with Gasteiger partial charge in [0.25, 0.3) is 15.9 Å². The van der Waals surface area contributed by atoms with Crippen molar-refractivity contribution in [3.8, 4) is 0 Å². The summed E-state index contributed by atoms with van der Waals surface area (Å²) >= 11 is 0. The second-order valence-corrected chi connectivity index (χ2v) is 9.72. The quantitative estimate of drug-likeness (QED) is 0.441. The Balaban J connectivity index is 1.53. The van der Waals surface area contributed by atoms with Crippen LogP contribution < -0.4 is 15.2 Å². The van der Waals surface area contributed by atoms with Crippen molar-refractivity contribution in [1.29, 1.82) is 0 Å². The van der Waals surface area contributed by atoms with Crippen LogP contribution in [0, 0.1) is 13.8 Å². The van der Waals surface area contributed by atoms with Gasteiger partial charge in [0, 0.05) is 35.8 Å². The summed E-state index contributed by atoms with van der Waals surface area (Å²) < 4.78 is 32.1. The molecular weight excluding hydrogens is 440 g/mol. The van der Waals surface area contributed by atoms with Crippen LogP contribution in [-0.2, 0) is 10.0 Å². The van der Waals surface area contributed by atoms with Crippen LogP contribution in [0.25, 0.3) is 11.0 Å². The van der Waals surface area contributed by atoms with E-state index in [9.17, 15) is 18.0 Å². The molecule has 3 aromatic carbocycles. The number of nitrogens with one attached hydrogen (secondary N) is 1. The van der Waals surface area contributed by atoms with Gasteiger partial charge in [0.1, 0.15) is 5.58 Å². The lowest BCUT2D eigenvalue weighted by molar-refractivity contribution is 0.102. The van der Waals surface area contributed by atoms with Gasteiger partial charge in [-0.3, -0.25) is 9.10 Å². The third-order valence-electron chi connectivity index (χ3n) is 5.38. The first-order valence-corrected chi connectivity index (χ1v) is 11.6. The highest BCUT2D eigenvalue weighted by atomic mass is 32.2. The zero-order valence-electron chi connectivity index (χ0n) is 18.3. The van der Waals surface area contributed by atoms with Gasteiger partial charge >= 0.3 is 5.63 Å². The molecule has 0 spiro atoms. The molecule has 168 valence electrons. The van der Waals surface area contributed by atoms with E-state index in [1.807, 2.05) is 13.8 Å². The van der Waals surface area contributed by atoms with Crippen molar-refractivity contribution in [3.63, 3.8) is 0 Å². The summed E-state index contributed by atoms with van der Waals surface area (Å²) in [7, 11) is -2.25. The lowest BCUT2D eigenvalue weighted by atomic mass is 10.1. The number of hydrogen-bond acceptors (Lipinski definition) is 5. The molecule has 0 saturated heterocycles. The Kier molecular flexibility index (Phi) is 5.78. The molecule has 0 atom stereocenters. The maximum atomic E-state index is 12.9. The van der Waals surface area contributed by atoms with Crippen molar-refractivity contribution in [2.75, 3.05) is 16.7 Å². The van der Waals surface area contributed by atoms with E-state index in [0.29, 0.717) is 22.5 Å². The van der Waals surface area contributed by atoms with Crippen LogP contribution in [0.15, 0.2) is 86.9 Å². The summed E-state index contributed by atoms with van der Waals surface area (Å²) in [4.78, 5) is 24.5. The Morgan fingerprint density at radius 1 is 0.909 bits per heavy atom. The topological polar surface area (TPSA) is 96.7 Å². The van der Waals surface area contributed by atoms with Crippen molar-refractivity contribution in [1.82, 2.24) is 0 Å². The van der Waals surface area contributed by atoms with Crippen LogP contribution in [0.4, 0.5) is 11.4 Å². The van der Waals surface area contributed by atoms with Crippen molar-refractivity contribution in [3.05, 3.63) is 99.9 Å². The Labute approximate surface area is 191 Å². The molecule has 1 N–H and O–H groups in total. The molecule has 0 aliphatic rings. The molecule has 0 unspecified atom stereocenters. The summed E-state index contributed by atoms with van der Waals surface area (Å²) in [5.41, 5.74) is 2.94. The molecule has 0 bridgehead atoms. The molecular formula is C25H22N2O5S. The SMILES string of the molecule is Cc1ccc(S(=O)(=O)N(C)c2ccc(C(=O)Nc3ccc4c(C)cc(=O)oc4c3)cc2)cc1. The average molecular weight is 463 g/mol.